The van der Waals surface area contributed by atoms with Crippen LogP contribution < -0.4 is 5.32 Å². The molecule has 1 saturated heterocycles. The van der Waals surface area contributed by atoms with Crippen LogP contribution in [0.25, 0.3) is 33.0 Å². The molecule has 172 valence electrons. The highest BCUT2D eigenvalue weighted by atomic mass is 16.6. The van der Waals surface area contributed by atoms with E-state index in [2.05, 4.69) is 10.3 Å². The highest BCUT2D eigenvalue weighted by molar-refractivity contribution is 6.50. The molecular formula is C25H21N3O6. The van der Waals surface area contributed by atoms with Gasteiger partial charge in [0.1, 0.15) is 18.3 Å². The zero-order valence-electron chi connectivity index (χ0n) is 17.8. The number of H-pyrrole nitrogens is 1. The number of ether oxygens (including phenoxy) is 1. The van der Waals surface area contributed by atoms with E-state index in [1.165, 1.54) is 0 Å². The molecule has 9 nitrogen and oxygen atoms in total. The average molecular weight is 459 g/mol. The number of carbonyl (C=O) groups excluding carboxylic acids is 2. The Hall–Kier alpha value is -3.76. The van der Waals surface area contributed by atoms with Gasteiger partial charge in [-0.25, -0.2) is 0 Å². The minimum absolute atomic E-state index is 0.219. The number of imide groups is 1. The zero-order chi connectivity index (χ0) is 23.6. The van der Waals surface area contributed by atoms with E-state index in [9.17, 15) is 24.9 Å². The van der Waals surface area contributed by atoms with E-state index in [1.54, 1.807) is 29.1 Å². The highest BCUT2D eigenvalue weighted by Gasteiger charge is 2.44. The van der Waals surface area contributed by atoms with Gasteiger partial charge in [-0.15, -0.1) is 0 Å². The molecule has 2 aliphatic rings. The lowest BCUT2D eigenvalue weighted by Crippen LogP contribution is -2.33. The third kappa shape index (κ3) is 2.88. The van der Waals surface area contributed by atoms with Crippen LogP contribution in [0, 0.1) is 0 Å². The number of aliphatic hydroxyl groups excluding tert-OH is 3. The Kier molecular flexibility index (Phi) is 4.68. The van der Waals surface area contributed by atoms with Gasteiger partial charge in [0, 0.05) is 39.8 Å². The summed E-state index contributed by atoms with van der Waals surface area (Å²) >= 11 is 0. The topological polar surface area (TPSA) is 137 Å². The van der Waals surface area contributed by atoms with Crippen LogP contribution in [0.3, 0.4) is 0 Å². The number of aliphatic hydroxyl groups is 3. The van der Waals surface area contributed by atoms with Gasteiger partial charge in [-0.2, -0.15) is 0 Å². The van der Waals surface area contributed by atoms with E-state index in [0.717, 1.165) is 10.9 Å². The van der Waals surface area contributed by atoms with E-state index < -0.39 is 43.0 Å². The number of rotatable bonds is 4. The standard InChI is InChI=1S/C25H21N3O6/c29-11-18-21(30)22(31)25(34-18)28-10-15(13-6-2-4-8-17(13)28)20-19(23(32)27-24(20)33)14-9-26-16-7-3-1-5-12(14)16/h1-10,18,21-22,25-26,29-31H,11H2,(H,27,32,33)/t18-,21-,22-,25-/m1/s1. The van der Waals surface area contributed by atoms with Crippen molar-refractivity contribution < 1.29 is 29.6 Å². The van der Waals surface area contributed by atoms with Gasteiger partial charge in [0.2, 0.25) is 0 Å². The SMILES string of the molecule is O=C1NC(=O)C(c2cn([C@@H]3O[C@H](CO)[C@@H](O)[C@H]3O)c3ccccc23)=C1c1c[nH]c2ccccc12. The van der Waals surface area contributed by atoms with E-state index in [0.29, 0.717) is 22.0 Å². The summed E-state index contributed by atoms with van der Waals surface area (Å²) in [6.07, 6.45) is -1.12. The Morgan fingerprint density at radius 1 is 0.882 bits per heavy atom. The maximum atomic E-state index is 13.1. The second-order valence-electron chi connectivity index (χ2n) is 8.48. The number of hydrogen-bond donors (Lipinski definition) is 5. The quantitative estimate of drug-likeness (QED) is 0.292. The molecule has 0 aliphatic carbocycles. The lowest BCUT2D eigenvalue weighted by molar-refractivity contribution is -0.122. The van der Waals surface area contributed by atoms with Gasteiger partial charge < -0.3 is 29.6 Å². The molecule has 0 radical (unpaired) electrons. The second kappa shape index (κ2) is 7.64. The molecule has 9 heteroatoms. The Balaban J connectivity index is 1.59. The van der Waals surface area contributed by atoms with Crippen LogP contribution in [-0.2, 0) is 14.3 Å². The molecule has 5 N–H and O–H groups in total. The summed E-state index contributed by atoms with van der Waals surface area (Å²) in [7, 11) is 0. The number of aromatic amines is 1. The number of amides is 2. The molecule has 2 aromatic heterocycles. The molecule has 0 spiro atoms. The maximum Gasteiger partial charge on any atom is 0.259 e. The Labute approximate surface area is 192 Å². The second-order valence-corrected chi connectivity index (χ2v) is 8.48. The molecule has 2 aromatic carbocycles. The van der Waals surface area contributed by atoms with Crippen LogP contribution in [0.5, 0.6) is 0 Å². The van der Waals surface area contributed by atoms with E-state index in [-0.39, 0.29) is 11.1 Å². The first-order chi connectivity index (χ1) is 16.5. The molecule has 0 saturated carbocycles. The van der Waals surface area contributed by atoms with Gasteiger partial charge in [0.25, 0.3) is 11.8 Å². The third-order valence-electron chi connectivity index (χ3n) is 6.59. The van der Waals surface area contributed by atoms with Gasteiger partial charge in [-0.3, -0.25) is 14.9 Å². The van der Waals surface area contributed by atoms with Crippen LogP contribution in [0.1, 0.15) is 17.4 Å². The van der Waals surface area contributed by atoms with Crippen LogP contribution >= 0.6 is 0 Å². The zero-order valence-corrected chi connectivity index (χ0v) is 17.8. The predicted octanol–water partition coefficient (Wildman–Crippen LogP) is 1.30. The molecule has 4 atom stereocenters. The fraction of sp³-hybridized carbons (Fsp3) is 0.200. The van der Waals surface area contributed by atoms with Crippen LogP contribution in [0.15, 0.2) is 60.9 Å². The minimum atomic E-state index is -1.29. The van der Waals surface area contributed by atoms with Crippen molar-refractivity contribution in [1.29, 1.82) is 0 Å². The third-order valence-corrected chi connectivity index (χ3v) is 6.59. The number of benzene rings is 2. The molecule has 4 aromatic rings. The fourth-order valence-corrected chi connectivity index (χ4v) is 4.97. The van der Waals surface area contributed by atoms with E-state index >= 15 is 0 Å². The van der Waals surface area contributed by atoms with Gasteiger partial charge in [-0.1, -0.05) is 36.4 Å². The van der Waals surface area contributed by atoms with Crippen LogP contribution in [-0.4, -0.2) is 61.6 Å². The first-order valence-electron chi connectivity index (χ1n) is 10.9. The summed E-state index contributed by atoms with van der Waals surface area (Å²) in [5, 5.41) is 34.3. The molecule has 0 unspecified atom stereocenters. The summed E-state index contributed by atoms with van der Waals surface area (Å²) in [6, 6.07) is 14.7. The van der Waals surface area contributed by atoms with Gasteiger partial charge in [0.15, 0.2) is 6.23 Å². The summed E-state index contributed by atoms with van der Waals surface area (Å²) in [4.78, 5) is 29.1. The van der Waals surface area contributed by atoms with Crippen molar-refractivity contribution in [2.75, 3.05) is 6.61 Å². The van der Waals surface area contributed by atoms with Gasteiger partial charge >= 0.3 is 0 Å². The number of nitrogens with one attached hydrogen (secondary N) is 2. The number of fused-ring (bicyclic) bond motifs is 2. The highest BCUT2D eigenvalue weighted by Crippen LogP contribution is 2.40. The lowest BCUT2D eigenvalue weighted by Gasteiger charge is -2.17. The van der Waals surface area contributed by atoms with Crippen molar-refractivity contribution in [2.45, 2.75) is 24.5 Å². The first kappa shape index (κ1) is 20.8. The van der Waals surface area contributed by atoms with Crippen molar-refractivity contribution in [3.63, 3.8) is 0 Å². The molecule has 1 fully saturated rings. The number of aromatic nitrogens is 2. The number of para-hydroxylation sites is 2. The van der Waals surface area contributed by atoms with Crippen molar-refractivity contribution in [2.24, 2.45) is 0 Å². The molecular weight excluding hydrogens is 438 g/mol. The molecule has 6 rings (SSSR count). The predicted molar refractivity (Wildman–Crippen MR) is 123 cm³/mol. The molecule has 4 heterocycles. The van der Waals surface area contributed by atoms with E-state index in [1.807, 2.05) is 36.4 Å². The summed E-state index contributed by atoms with van der Waals surface area (Å²) in [6.45, 7) is -0.451. The summed E-state index contributed by atoms with van der Waals surface area (Å²) in [5.41, 5.74) is 3.06. The Morgan fingerprint density at radius 3 is 2.29 bits per heavy atom. The largest absolute Gasteiger partial charge is 0.394 e. The van der Waals surface area contributed by atoms with Crippen molar-refractivity contribution >= 4 is 44.8 Å². The Bertz CT molecular complexity index is 1500. The summed E-state index contributed by atoms with van der Waals surface area (Å²) < 4.78 is 7.36. The average Bonchev–Trinajstić information content (AvgIpc) is 3.57. The maximum absolute atomic E-state index is 13.1. The fourth-order valence-electron chi connectivity index (χ4n) is 4.97. The molecule has 2 aliphatic heterocycles. The number of hydrogen-bond acceptors (Lipinski definition) is 6. The Morgan fingerprint density at radius 2 is 1.56 bits per heavy atom. The van der Waals surface area contributed by atoms with Crippen molar-refractivity contribution in [1.82, 2.24) is 14.9 Å². The molecule has 2 amide bonds. The normalized spacial score (nSPS) is 25.1. The smallest absolute Gasteiger partial charge is 0.259 e. The monoisotopic (exact) mass is 459 g/mol. The first-order valence-corrected chi connectivity index (χ1v) is 10.9. The van der Waals surface area contributed by atoms with E-state index in [4.69, 9.17) is 4.74 Å². The van der Waals surface area contributed by atoms with Gasteiger partial charge in [-0.05, 0) is 12.1 Å². The lowest BCUT2D eigenvalue weighted by atomic mass is 9.95. The summed E-state index contributed by atoms with van der Waals surface area (Å²) in [5.74, 6) is -1.01. The van der Waals surface area contributed by atoms with Gasteiger partial charge in [0.05, 0.1) is 23.3 Å². The molecule has 34 heavy (non-hydrogen) atoms. The minimum Gasteiger partial charge on any atom is -0.394 e. The molecule has 0 bridgehead atoms. The number of carbonyl (C=O) groups is 2. The number of nitrogens with zero attached hydrogens (tertiary/aromatic N) is 1. The van der Waals surface area contributed by atoms with Crippen LogP contribution in [0.4, 0.5) is 0 Å². The van der Waals surface area contributed by atoms with Crippen molar-refractivity contribution in [3.8, 4) is 0 Å². The van der Waals surface area contributed by atoms with Crippen LogP contribution in [0.2, 0.25) is 0 Å². The van der Waals surface area contributed by atoms with Crippen molar-refractivity contribution in [3.05, 3.63) is 72.1 Å².